The Labute approximate surface area is 152 Å². The molecule has 2 heterocycles. The van der Waals surface area contributed by atoms with Crippen LogP contribution in [0.5, 0.6) is 0 Å². The number of amides is 1. The SMILES string of the molecule is CN(C)CC(=O)N1CCC[C@@H](c2nc(N)ncc2-c2ccc(F)cc2)C1. The predicted octanol–water partition coefficient (Wildman–Crippen LogP) is 2.13. The molecule has 138 valence electrons. The van der Waals surface area contributed by atoms with Crippen molar-refractivity contribution in [2.45, 2.75) is 18.8 Å². The van der Waals surface area contributed by atoms with Crippen LogP contribution in [0.4, 0.5) is 10.3 Å². The van der Waals surface area contributed by atoms with Crippen LogP contribution >= 0.6 is 0 Å². The van der Waals surface area contributed by atoms with Gasteiger partial charge in [0, 0.05) is 30.8 Å². The second-order valence-electron chi connectivity index (χ2n) is 6.95. The molecule has 6 nitrogen and oxygen atoms in total. The lowest BCUT2D eigenvalue weighted by Gasteiger charge is -2.34. The molecule has 1 aromatic heterocycles. The first-order chi connectivity index (χ1) is 12.4. The molecule has 0 aliphatic carbocycles. The molecule has 1 aromatic carbocycles. The highest BCUT2D eigenvalue weighted by Crippen LogP contribution is 2.33. The van der Waals surface area contributed by atoms with Crippen molar-refractivity contribution >= 4 is 11.9 Å². The molecule has 0 spiro atoms. The van der Waals surface area contributed by atoms with E-state index in [0.29, 0.717) is 13.1 Å². The van der Waals surface area contributed by atoms with E-state index in [9.17, 15) is 9.18 Å². The van der Waals surface area contributed by atoms with Gasteiger partial charge in [-0.3, -0.25) is 4.79 Å². The summed E-state index contributed by atoms with van der Waals surface area (Å²) in [6, 6.07) is 6.27. The van der Waals surface area contributed by atoms with Crippen molar-refractivity contribution in [3.63, 3.8) is 0 Å². The second kappa shape index (κ2) is 7.78. The molecule has 1 aliphatic rings. The number of hydrogen-bond acceptors (Lipinski definition) is 5. The summed E-state index contributed by atoms with van der Waals surface area (Å²) in [6.45, 7) is 1.76. The Morgan fingerprint density at radius 2 is 2.08 bits per heavy atom. The number of rotatable bonds is 4. The summed E-state index contributed by atoms with van der Waals surface area (Å²) in [4.78, 5) is 24.8. The standard InChI is InChI=1S/C19H24FN5O/c1-24(2)12-17(26)25-9-3-4-14(11-25)18-16(10-22-19(21)23-18)13-5-7-15(20)8-6-13/h5-8,10,14H,3-4,9,11-12H2,1-2H3,(H2,21,22,23)/t14-/m1/s1. The highest BCUT2D eigenvalue weighted by atomic mass is 19.1. The van der Waals surface area contributed by atoms with Crippen LogP contribution in [-0.4, -0.2) is 59.4 Å². The van der Waals surface area contributed by atoms with E-state index in [1.54, 1.807) is 18.3 Å². The molecule has 0 bridgehead atoms. The van der Waals surface area contributed by atoms with Gasteiger partial charge in [0.1, 0.15) is 5.82 Å². The normalized spacial score (nSPS) is 17.5. The molecule has 7 heteroatoms. The van der Waals surface area contributed by atoms with Gasteiger partial charge in [-0.25, -0.2) is 14.4 Å². The number of carbonyl (C=O) groups is 1. The Bertz CT molecular complexity index is 778. The van der Waals surface area contributed by atoms with Gasteiger partial charge in [0.25, 0.3) is 0 Å². The molecule has 0 saturated carbocycles. The van der Waals surface area contributed by atoms with Crippen LogP contribution in [-0.2, 0) is 4.79 Å². The van der Waals surface area contributed by atoms with E-state index in [-0.39, 0.29) is 23.6 Å². The summed E-state index contributed by atoms with van der Waals surface area (Å²) < 4.78 is 13.3. The molecule has 0 radical (unpaired) electrons. The molecule has 1 atom stereocenters. The lowest BCUT2D eigenvalue weighted by Crippen LogP contribution is -2.43. The molecule has 0 unspecified atom stereocenters. The van der Waals surface area contributed by atoms with Crippen LogP contribution in [0.1, 0.15) is 24.5 Å². The molecule has 3 rings (SSSR count). The summed E-state index contributed by atoms with van der Waals surface area (Å²) >= 11 is 0. The first-order valence-corrected chi connectivity index (χ1v) is 8.75. The van der Waals surface area contributed by atoms with Crippen molar-refractivity contribution < 1.29 is 9.18 Å². The number of hydrogen-bond donors (Lipinski definition) is 1. The fraction of sp³-hybridized carbons (Fsp3) is 0.421. The van der Waals surface area contributed by atoms with Crippen LogP contribution in [0.15, 0.2) is 30.5 Å². The maximum Gasteiger partial charge on any atom is 0.236 e. The zero-order valence-electron chi connectivity index (χ0n) is 15.2. The Kier molecular flexibility index (Phi) is 5.46. The third kappa shape index (κ3) is 4.16. The van der Waals surface area contributed by atoms with Crippen molar-refractivity contribution in [3.8, 4) is 11.1 Å². The minimum Gasteiger partial charge on any atom is -0.368 e. The van der Waals surface area contributed by atoms with Gasteiger partial charge in [0.2, 0.25) is 11.9 Å². The van der Waals surface area contributed by atoms with E-state index in [1.807, 2.05) is 23.9 Å². The monoisotopic (exact) mass is 357 g/mol. The molecule has 1 fully saturated rings. The Morgan fingerprint density at radius 1 is 1.35 bits per heavy atom. The molecular weight excluding hydrogens is 333 g/mol. The lowest BCUT2D eigenvalue weighted by molar-refractivity contribution is -0.133. The number of anilines is 1. The summed E-state index contributed by atoms with van der Waals surface area (Å²) in [6.07, 6.45) is 3.53. The van der Waals surface area contributed by atoms with Gasteiger partial charge >= 0.3 is 0 Å². The minimum absolute atomic E-state index is 0.0835. The Hall–Kier alpha value is -2.54. The van der Waals surface area contributed by atoms with Crippen molar-refractivity contribution in [3.05, 3.63) is 42.0 Å². The molecule has 1 aliphatic heterocycles. The number of carbonyl (C=O) groups excluding carboxylic acids is 1. The van der Waals surface area contributed by atoms with Crippen molar-refractivity contribution in [2.24, 2.45) is 0 Å². The number of likely N-dealkylation sites (tertiary alicyclic amines) is 1. The third-order valence-corrected chi connectivity index (χ3v) is 4.60. The van der Waals surface area contributed by atoms with Crippen molar-refractivity contribution in [2.75, 3.05) is 39.5 Å². The zero-order valence-corrected chi connectivity index (χ0v) is 15.2. The maximum atomic E-state index is 13.3. The first kappa shape index (κ1) is 18.3. The van der Waals surface area contributed by atoms with Gasteiger partial charge in [-0.15, -0.1) is 0 Å². The topological polar surface area (TPSA) is 75.4 Å². The van der Waals surface area contributed by atoms with Gasteiger partial charge in [0.15, 0.2) is 0 Å². The predicted molar refractivity (Wildman–Crippen MR) is 98.9 cm³/mol. The average Bonchev–Trinajstić information content (AvgIpc) is 2.62. The quantitative estimate of drug-likeness (QED) is 0.907. The first-order valence-electron chi connectivity index (χ1n) is 8.75. The highest BCUT2D eigenvalue weighted by molar-refractivity contribution is 5.78. The number of halogens is 1. The van der Waals surface area contributed by atoms with Crippen LogP contribution in [0.3, 0.4) is 0 Å². The molecule has 26 heavy (non-hydrogen) atoms. The van der Waals surface area contributed by atoms with E-state index >= 15 is 0 Å². The van der Waals surface area contributed by atoms with E-state index in [2.05, 4.69) is 9.97 Å². The number of nitrogens with zero attached hydrogens (tertiary/aromatic N) is 4. The van der Waals surface area contributed by atoms with Crippen LogP contribution in [0.2, 0.25) is 0 Å². The zero-order chi connectivity index (χ0) is 18.7. The number of aromatic nitrogens is 2. The van der Waals surface area contributed by atoms with Crippen LogP contribution in [0, 0.1) is 5.82 Å². The fourth-order valence-electron chi connectivity index (χ4n) is 3.37. The van der Waals surface area contributed by atoms with Gasteiger partial charge < -0.3 is 15.5 Å². The number of benzene rings is 1. The third-order valence-electron chi connectivity index (χ3n) is 4.60. The van der Waals surface area contributed by atoms with Crippen molar-refractivity contribution in [1.29, 1.82) is 0 Å². The number of nitrogens with two attached hydrogens (primary N) is 1. The second-order valence-corrected chi connectivity index (χ2v) is 6.95. The Balaban J connectivity index is 1.89. The Morgan fingerprint density at radius 3 is 2.77 bits per heavy atom. The molecule has 1 saturated heterocycles. The van der Waals surface area contributed by atoms with Crippen LogP contribution < -0.4 is 5.73 Å². The summed E-state index contributed by atoms with van der Waals surface area (Å²) in [5, 5.41) is 0. The largest absolute Gasteiger partial charge is 0.368 e. The van der Waals surface area contributed by atoms with E-state index in [0.717, 1.165) is 36.2 Å². The molecule has 1 amide bonds. The minimum atomic E-state index is -0.287. The smallest absolute Gasteiger partial charge is 0.236 e. The summed E-state index contributed by atoms with van der Waals surface area (Å²) in [5.74, 6) is 0.123. The maximum absolute atomic E-state index is 13.3. The number of nitrogen functional groups attached to an aromatic ring is 1. The van der Waals surface area contributed by atoms with E-state index < -0.39 is 0 Å². The van der Waals surface area contributed by atoms with Gasteiger partial charge in [0.05, 0.1) is 12.2 Å². The molecule has 2 aromatic rings. The summed E-state index contributed by atoms with van der Waals surface area (Å²) in [5.41, 5.74) is 8.34. The fourth-order valence-corrected chi connectivity index (χ4v) is 3.37. The van der Waals surface area contributed by atoms with E-state index in [4.69, 9.17) is 5.73 Å². The summed E-state index contributed by atoms with van der Waals surface area (Å²) in [7, 11) is 3.77. The van der Waals surface area contributed by atoms with E-state index in [1.165, 1.54) is 12.1 Å². The van der Waals surface area contributed by atoms with Crippen molar-refractivity contribution in [1.82, 2.24) is 19.8 Å². The average molecular weight is 357 g/mol. The molecular formula is C19H24FN5O. The van der Waals surface area contributed by atoms with Crippen LogP contribution in [0.25, 0.3) is 11.1 Å². The van der Waals surface area contributed by atoms with Gasteiger partial charge in [-0.1, -0.05) is 12.1 Å². The molecule has 2 N–H and O–H groups in total. The lowest BCUT2D eigenvalue weighted by atomic mass is 9.90. The van der Waals surface area contributed by atoms with Gasteiger partial charge in [-0.2, -0.15) is 0 Å². The van der Waals surface area contributed by atoms with Gasteiger partial charge in [-0.05, 0) is 44.6 Å². The number of likely N-dealkylation sites (N-methyl/N-ethyl adjacent to an activating group) is 1. The highest BCUT2D eigenvalue weighted by Gasteiger charge is 2.28. The number of piperidine rings is 1.